The summed E-state index contributed by atoms with van der Waals surface area (Å²) in [7, 11) is 0. The van der Waals surface area contributed by atoms with Crippen LogP contribution in [0.15, 0.2) is 36.9 Å². The van der Waals surface area contributed by atoms with Gasteiger partial charge in [-0.3, -0.25) is 10.1 Å². The number of aromatic nitrogens is 4. The highest BCUT2D eigenvalue weighted by Crippen LogP contribution is 2.23. The van der Waals surface area contributed by atoms with Crippen molar-refractivity contribution in [3.63, 3.8) is 0 Å². The van der Waals surface area contributed by atoms with E-state index in [1.165, 1.54) is 6.08 Å². The summed E-state index contributed by atoms with van der Waals surface area (Å²) in [4.78, 5) is 24.0. The fraction of sp³-hybridized carbons (Fsp3) is 0.154. The first-order valence-electron chi connectivity index (χ1n) is 6.31. The molecule has 0 aliphatic carbocycles. The van der Waals surface area contributed by atoms with E-state index in [0.717, 1.165) is 4.80 Å². The number of carbonyl (C=O) groups excluding carboxylic acids is 2. The van der Waals surface area contributed by atoms with Crippen LogP contribution in [0.5, 0.6) is 0 Å². The molecule has 0 saturated carbocycles. The molecule has 2 N–H and O–H groups in total. The summed E-state index contributed by atoms with van der Waals surface area (Å²) in [5.74, 6) is -0.265. The molecule has 0 aliphatic heterocycles. The standard InChI is InChI=1S/C13H13ClN6O2/c1-2-7-15-13(22)16-11(21)8-20-18-12(17-19-20)9-5-3-4-6-10(9)14/h2-6H,1,7-8H2,(H2,15,16,21,22). The molecule has 3 amide bonds. The van der Waals surface area contributed by atoms with Crippen molar-refractivity contribution in [2.75, 3.05) is 6.54 Å². The van der Waals surface area contributed by atoms with Gasteiger partial charge in [-0.25, -0.2) is 4.79 Å². The molecule has 1 aromatic carbocycles. The molecule has 0 atom stereocenters. The van der Waals surface area contributed by atoms with E-state index in [-0.39, 0.29) is 13.1 Å². The molecule has 0 fully saturated rings. The Hall–Kier alpha value is -2.74. The number of rotatable bonds is 5. The van der Waals surface area contributed by atoms with Crippen molar-refractivity contribution in [3.05, 3.63) is 41.9 Å². The Morgan fingerprint density at radius 3 is 2.86 bits per heavy atom. The molecule has 0 unspecified atom stereocenters. The highest BCUT2D eigenvalue weighted by molar-refractivity contribution is 6.33. The fourth-order valence-corrected chi connectivity index (χ4v) is 1.78. The average molecular weight is 321 g/mol. The smallest absolute Gasteiger partial charge is 0.321 e. The van der Waals surface area contributed by atoms with Crippen LogP contribution in [0.1, 0.15) is 0 Å². The summed E-state index contributed by atoms with van der Waals surface area (Å²) in [6, 6.07) is 6.40. The zero-order chi connectivity index (χ0) is 15.9. The lowest BCUT2D eigenvalue weighted by molar-refractivity contribution is -0.121. The Bertz CT molecular complexity index is 699. The summed E-state index contributed by atoms with van der Waals surface area (Å²) in [5, 5.41) is 16.7. The van der Waals surface area contributed by atoms with Crippen LogP contribution in [-0.4, -0.2) is 38.7 Å². The van der Waals surface area contributed by atoms with Gasteiger partial charge in [-0.05, 0) is 17.3 Å². The first-order chi connectivity index (χ1) is 10.6. The molecular weight excluding hydrogens is 308 g/mol. The summed E-state index contributed by atoms with van der Waals surface area (Å²) in [6.07, 6.45) is 1.50. The van der Waals surface area contributed by atoms with Gasteiger partial charge in [0.05, 0.1) is 5.02 Å². The highest BCUT2D eigenvalue weighted by atomic mass is 35.5. The fourth-order valence-electron chi connectivity index (χ4n) is 1.56. The number of nitrogens with zero attached hydrogens (tertiary/aromatic N) is 4. The zero-order valence-corrected chi connectivity index (χ0v) is 12.2. The van der Waals surface area contributed by atoms with Crippen LogP contribution >= 0.6 is 11.6 Å². The van der Waals surface area contributed by atoms with Crippen LogP contribution in [0.4, 0.5) is 4.79 Å². The summed E-state index contributed by atoms with van der Waals surface area (Å²) in [6.45, 7) is 3.47. The minimum Gasteiger partial charge on any atom is -0.334 e. The molecule has 0 radical (unpaired) electrons. The van der Waals surface area contributed by atoms with Crippen molar-refractivity contribution >= 4 is 23.5 Å². The van der Waals surface area contributed by atoms with Crippen molar-refractivity contribution < 1.29 is 9.59 Å². The van der Waals surface area contributed by atoms with E-state index in [2.05, 4.69) is 32.6 Å². The van der Waals surface area contributed by atoms with Crippen LogP contribution in [0.2, 0.25) is 5.02 Å². The number of nitrogens with one attached hydrogen (secondary N) is 2. The van der Waals surface area contributed by atoms with Gasteiger partial charge in [-0.15, -0.1) is 16.8 Å². The molecular formula is C13H13ClN6O2. The molecule has 9 heteroatoms. The number of tetrazole rings is 1. The van der Waals surface area contributed by atoms with Crippen LogP contribution in [0, 0.1) is 0 Å². The predicted octanol–water partition coefficient (Wildman–Crippen LogP) is 1.01. The monoisotopic (exact) mass is 320 g/mol. The van der Waals surface area contributed by atoms with E-state index in [0.29, 0.717) is 16.4 Å². The number of halogens is 1. The SMILES string of the molecule is C=CCNC(=O)NC(=O)Cn1nnc(-c2ccccc2Cl)n1. The van der Waals surface area contributed by atoms with Gasteiger partial charge in [-0.1, -0.05) is 29.8 Å². The van der Waals surface area contributed by atoms with Gasteiger partial charge in [0.2, 0.25) is 5.82 Å². The number of hydrogen-bond donors (Lipinski definition) is 2. The Balaban J connectivity index is 1.98. The molecule has 114 valence electrons. The molecule has 1 aromatic heterocycles. The minimum absolute atomic E-state index is 0.237. The van der Waals surface area contributed by atoms with E-state index in [1.807, 2.05) is 0 Å². The lowest BCUT2D eigenvalue weighted by Crippen LogP contribution is -2.41. The third-order valence-corrected chi connectivity index (χ3v) is 2.84. The average Bonchev–Trinajstić information content (AvgIpc) is 2.93. The van der Waals surface area contributed by atoms with Crippen molar-refractivity contribution in [2.24, 2.45) is 0 Å². The Labute approximate surface area is 131 Å². The highest BCUT2D eigenvalue weighted by Gasteiger charge is 2.12. The molecule has 0 spiro atoms. The van der Waals surface area contributed by atoms with Crippen molar-refractivity contribution in [1.82, 2.24) is 30.8 Å². The van der Waals surface area contributed by atoms with Gasteiger partial charge >= 0.3 is 6.03 Å². The van der Waals surface area contributed by atoms with Crippen LogP contribution in [-0.2, 0) is 11.3 Å². The summed E-state index contributed by atoms with van der Waals surface area (Å²) >= 11 is 6.03. The first-order valence-corrected chi connectivity index (χ1v) is 6.69. The predicted molar refractivity (Wildman–Crippen MR) is 80.0 cm³/mol. The molecule has 8 nitrogen and oxygen atoms in total. The van der Waals surface area contributed by atoms with Gasteiger partial charge in [0.15, 0.2) is 0 Å². The number of imide groups is 1. The second-order valence-corrected chi connectivity index (χ2v) is 4.58. The van der Waals surface area contributed by atoms with Crippen molar-refractivity contribution in [2.45, 2.75) is 6.54 Å². The van der Waals surface area contributed by atoms with Gasteiger partial charge in [0.1, 0.15) is 6.54 Å². The van der Waals surface area contributed by atoms with E-state index >= 15 is 0 Å². The lowest BCUT2D eigenvalue weighted by Gasteiger charge is -2.03. The third kappa shape index (κ3) is 4.13. The zero-order valence-electron chi connectivity index (χ0n) is 11.5. The van der Waals surface area contributed by atoms with Gasteiger partial charge in [0.25, 0.3) is 5.91 Å². The second-order valence-electron chi connectivity index (χ2n) is 4.17. The van der Waals surface area contributed by atoms with Crippen LogP contribution in [0.3, 0.4) is 0 Å². The van der Waals surface area contributed by atoms with E-state index in [1.54, 1.807) is 24.3 Å². The van der Waals surface area contributed by atoms with Gasteiger partial charge in [0, 0.05) is 12.1 Å². The van der Waals surface area contributed by atoms with Crippen LogP contribution in [0.25, 0.3) is 11.4 Å². The molecule has 2 aromatic rings. The minimum atomic E-state index is -0.614. The van der Waals surface area contributed by atoms with Gasteiger partial charge in [-0.2, -0.15) is 4.80 Å². The first kappa shape index (κ1) is 15.6. The Kier molecular flexibility index (Phi) is 5.21. The van der Waals surface area contributed by atoms with Crippen LogP contribution < -0.4 is 10.6 Å². The Morgan fingerprint density at radius 2 is 2.14 bits per heavy atom. The maximum atomic E-state index is 11.6. The molecule has 0 bridgehead atoms. The van der Waals surface area contributed by atoms with Gasteiger partial charge < -0.3 is 5.32 Å². The second kappa shape index (κ2) is 7.32. The maximum Gasteiger partial charge on any atom is 0.321 e. The van der Waals surface area contributed by atoms with E-state index < -0.39 is 11.9 Å². The summed E-state index contributed by atoms with van der Waals surface area (Å²) in [5.41, 5.74) is 0.611. The lowest BCUT2D eigenvalue weighted by atomic mass is 10.2. The third-order valence-electron chi connectivity index (χ3n) is 2.51. The molecule has 2 rings (SSSR count). The summed E-state index contributed by atoms with van der Waals surface area (Å²) < 4.78 is 0. The quantitative estimate of drug-likeness (QED) is 0.800. The number of carbonyl (C=O) groups is 2. The molecule has 0 saturated heterocycles. The normalized spacial score (nSPS) is 10.0. The number of benzene rings is 1. The molecule has 22 heavy (non-hydrogen) atoms. The van der Waals surface area contributed by atoms with Crippen molar-refractivity contribution in [1.29, 1.82) is 0 Å². The largest absolute Gasteiger partial charge is 0.334 e. The van der Waals surface area contributed by atoms with E-state index in [4.69, 9.17) is 11.6 Å². The molecule has 0 aliphatic rings. The number of amides is 3. The Morgan fingerprint density at radius 1 is 1.36 bits per heavy atom. The molecule has 1 heterocycles. The maximum absolute atomic E-state index is 11.6. The number of hydrogen-bond acceptors (Lipinski definition) is 5. The van der Waals surface area contributed by atoms with E-state index in [9.17, 15) is 9.59 Å². The van der Waals surface area contributed by atoms with Crippen molar-refractivity contribution in [3.8, 4) is 11.4 Å². The number of urea groups is 1. The topological polar surface area (TPSA) is 102 Å².